The smallest absolute Gasteiger partial charge is 0.395 e. The zero-order valence-corrected chi connectivity index (χ0v) is 16.0. The number of aromatic nitrogens is 1. The molecule has 0 saturated carbocycles. The highest BCUT2D eigenvalue weighted by molar-refractivity contribution is 5.95. The molecule has 1 unspecified atom stereocenters. The summed E-state index contributed by atoms with van der Waals surface area (Å²) in [6.45, 7) is 1.29. The van der Waals surface area contributed by atoms with Crippen LogP contribution in [0.15, 0.2) is 61.0 Å². The lowest BCUT2D eigenvalue weighted by Gasteiger charge is -2.41. The number of ether oxygens (including phenoxy) is 1. The molecule has 30 heavy (non-hydrogen) atoms. The first-order valence-electron chi connectivity index (χ1n) is 9.70. The monoisotopic (exact) mass is 409 g/mol. The number of carbonyl (C=O) groups excluding carboxylic acids is 1. The Morgan fingerprint density at radius 1 is 1.03 bits per heavy atom. The van der Waals surface area contributed by atoms with Crippen molar-refractivity contribution < 1.29 is 18.4 Å². The van der Waals surface area contributed by atoms with Crippen molar-refractivity contribution in [2.45, 2.75) is 19.0 Å². The van der Waals surface area contributed by atoms with Crippen molar-refractivity contribution in [1.29, 1.82) is 0 Å². The van der Waals surface area contributed by atoms with Gasteiger partial charge in [0.15, 0.2) is 16.9 Å². The van der Waals surface area contributed by atoms with E-state index in [1.54, 1.807) is 15.8 Å². The van der Waals surface area contributed by atoms with E-state index in [0.29, 0.717) is 48.1 Å². The molecule has 5 rings (SSSR count). The van der Waals surface area contributed by atoms with Gasteiger partial charge in [-0.25, -0.2) is 4.79 Å². The maximum absolute atomic E-state index is 13.1. The van der Waals surface area contributed by atoms with Crippen molar-refractivity contribution in [1.82, 2.24) is 9.58 Å². The Hall–Kier alpha value is -3.59. The molecule has 154 valence electrons. The van der Waals surface area contributed by atoms with Gasteiger partial charge in [-0.2, -0.15) is 0 Å². The lowest BCUT2D eigenvalue weighted by atomic mass is 10.0. The van der Waals surface area contributed by atoms with Gasteiger partial charge in [0.1, 0.15) is 11.9 Å². The summed E-state index contributed by atoms with van der Waals surface area (Å²) in [5, 5.41) is 0. The van der Waals surface area contributed by atoms with Crippen LogP contribution in [-0.2, 0) is 17.6 Å². The summed E-state index contributed by atoms with van der Waals surface area (Å²) in [4.78, 5) is 39.1. The van der Waals surface area contributed by atoms with E-state index in [0.717, 1.165) is 0 Å². The number of nitrogens with one attached hydrogen (secondary N) is 1. The Morgan fingerprint density at radius 3 is 2.70 bits per heavy atom. The van der Waals surface area contributed by atoms with Crippen LogP contribution in [0.2, 0.25) is 0 Å². The Balaban J connectivity index is 1.49. The molecule has 1 atom stereocenters. The fourth-order valence-electron chi connectivity index (χ4n) is 3.93. The van der Waals surface area contributed by atoms with Crippen LogP contribution in [0, 0.1) is 0 Å². The van der Waals surface area contributed by atoms with E-state index in [1.807, 2.05) is 30.3 Å². The number of rotatable bonds is 4. The van der Waals surface area contributed by atoms with Gasteiger partial charge in [0.05, 0.1) is 13.2 Å². The molecule has 9 heteroatoms. The van der Waals surface area contributed by atoms with Crippen LogP contribution >= 0.6 is 0 Å². The molecule has 0 bridgehead atoms. The summed E-state index contributed by atoms with van der Waals surface area (Å²) in [6.07, 6.45) is 1.74. The largest absolute Gasteiger partial charge is 0.519 e. The van der Waals surface area contributed by atoms with Gasteiger partial charge in [-0.1, -0.05) is 30.3 Å². The van der Waals surface area contributed by atoms with E-state index in [4.69, 9.17) is 13.6 Å². The summed E-state index contributed by atoms with van der Waals surface area (Å²) >= 11 is 0. The molecule has 0 radical (unpaired) electrons. The summed E-state index contributed by atoms with van der Waals surface area (Å²) in [6, 6.07) is 10.5. The lowest BCUT2D eigenvalue weighted by molar-refractivity contribution is -0.00296. The molecule has 0 spiro atoms. The number of aryl methyl sites for hydroxylation is 1. The van der Waals surface area contributed by atoms with E-state index < -0.39 is 5.82 Å². The molecule has 9 nitrogen and oxygen atoms in total. The maximum atomic E-state index is 13.1. The van der Waals surface area contributed by atoms with Gasteiger partial charge < -0.3 is 23.9 Å². The highest BCUT2D eigenvalue weighted by atomic mass is 16.6. The minimum Gasteiger partial charge on any atom is -0.395 e. The molecule has 4 heterocycles. The molecule has 0 aliphatic carbocycles. The zero-order valence-electron chi connectivity index (χ0n) is 16.0. The highest BCUT2D eigenvalue weighted by Crippen LogP contribution is 2.25. The lowest BCUT2D eigenvalue weighted by Crippen LogP contribution is -2.59. The fraction of sp³-hybridized carbons (Fsp3) is 0.286. The van der Waals surface area contributed by atoms with E-state index in [1.165, 1.54) is 6.07 Å². The number of amides is 1. The van der Waals surface area contributed by atoms with E-state index in [-0.39, 0.29) is 30.3 Å². The third kappa shape index (κ3) is 3.13. The van der Waals surface area contributed by atoms with Gasteiger partial charge in [-0.05, 0) is 6.42 Å². The van der Waals surface area contributed by atoms with Crippen molar-refractivity contribution >= 4 is 5.91 Å². The molecule has 1 saturated heterocycles. The van der Waals surface area contributed by atoms with Gasteiger partial charge >= 0.3 is 5.82 Å². The Bertz CT molecular complexity index is 1210. The van der Waals surface area contributed by atoms with Crippen LogP contribution < -0.4 is 16.7 Å². The topological polar surface area (TPSA) is 107 Å². The molecular weight excluding hydrogens is 390 g/mol. The second kappa shape index (κ2) is 7.34. The van der Waals surface area contributed by atoms with Crippen LogP contribution in [0.5, 0.6) is 0 Å². The first-order chi connectivity index (χ1) is 14.6. The van der Waals surface area contributed by atoms with E-state index >= 15 is 0 Å². The van der Waals surface area contributed by atoms with Crippen LogP contribution in [0.1, 0.15) is 21.8 Å². The van der Waals surface area contributed by atoms with Crippen molar-refractivity contribution in [3.8, 4) is 11.3 Å². The van der Waals surface area contributed by atoms with Gasteiger partial charge in [0, 0.05) is 36.4 Å². The van der Waals surface area contributed by atoms with Crippen molar-refractivity contribution in [3.63, 3.8) is 0 Å². The van der Waals surface area contributed by atoms with Crippen molar-refractivity contribution in [2.75, 3.05) is 25.2 Å². The normalized spacial score (nSPS) is 17.9. The number of benzene rings is 1. The number of hydrogen-bond donors (Lipinski definition) is 1. The van der Waals surface area contributed by atoms with Gasteiger partial charge in [0.2, 0.25) is 0 Å². The maximum Gasteiger partial charge on any atom is 0.519 e. The standard InChI is InChI=1S/C21H19N3O6/c25-15-8-9-24-18(20(26)23-10-11-28-12-17(23)22-24)14(15)6-7-16-19(30-21(27)29-16)13-4-2-1-3-5-13/h1-5,8-9,17,22H,6-7,10-12H2. The number of nitrogens with zero attached hydrogens (tertiary/aromatic N) is 2. The number of hydrogen-bond acceptors (Lipinski definition) is 7. The molecule has 1 amide bonds. The first kappa shape index (κ1) is 18.4. The van der Waals surface area contributed by atoms with Crippen LogP contribution in [-0.4, -0.2) is 41.4 Å². The van der Waals surface area contributed by atoms with Crippen LogP contribution in [0.25, 0.3) is 11.3 Å². The predicted molar refractivity (Wildman–Crippen MR) is 106 cm³/mol. The number of morpholine rings is 1. The average molecular weight is 409 g/mol. The third-order valence-electron chi connectivity index (χ3n) is 5.36. The second-order valence-electron chi connectivity index (χ2n) is 7.17. The summed E-state index contributed by atoms with van der Waals surface area (Å²) in [7, 11) is 0. The number of carbonyl (C=O) groups is 1. The zero-order chi connectivity index (χ0) is 20.7. The number of pyridine rings is 1. The molecule has 1 N–H and O–H groups in total. The molecule has 2 aliphatic rings. The van der Waals surface area contributed by atoms with E-state index in [2.05, 4.69) is 5.43 Å². The molecule has 3 aromatic rings. The van der Waals surface area contributed by atoms with Gasteiger partial charge in [0.25, 0.3) is 5.91 Å². The van der Waals surface area contributed by atoms with Crippen LogP contribution in [0.4, 0.5) is 0 Å². The van der Waals surface area contributed by atoms with Crippen LogP contribution in [0.3, 0.4) is 0 Å². The Labute approximate surface area is 170 Å². The van der Waals surface area contributed by atoms with E-state index in [9.17, 15) is 14.4 Å². The summed E-state index contributed by atoms with van der Waals surface area (Å²) < 4.78 is 17.5. The molecular formula is C21H19N3O6. The number of fused-ring (bicyclic) bond motifs is 2. The molecule has 2 aliphatic heterocycles. The first-order valence-corrected chi connectivity index (χ1v) is 9.70. The molecule has 2 aromatic heterocycles. The van der Waals surface area contributed by atoms with Gasteiger partial charge in [-0.3, -0.25) is 14.3 Å². The quantitative estimate of drug-likeness (QED) is 0.690. The summed E-state index contributed by atoms with van der Waals surface area (Å²) in [5.41, 5.74) is 4.33. The van der Waals surface area contributed by atoms with Gasteiger partial charge in [-0.15, -0.1) is 0 Å². The van der Waals surface area contributed by atoms with Crippen molar-refractivity contribution in [3.05, 3.63) is 80.5 Å². The Kier molecular flexibility index (Phi) is 4.51. The second-order valence-corrected chi connectivity index (χ2v) is 7.17. The fourth-order valence-corrected chi connectivity index (χ4v) is 3.93. The summed E-state index contributed by atoms with van der Waals surface area (Å²) in [5.74, 6) is -0.340. The minimum absolute atomic E-state index is 0.216. The Morgan fingerprint density at radius 2 is 1.87 bits per heavy atom. The highest BCUT2D eigenvalue weighted by Gasteiger charge is 2.36. The third-order valence-corrected chi connectivity index (χ3v) is 5.36. The molecule has 1 aromatic carbocycles. The molecule has 1 fully saturated rings. The average Bonchev–Trinajstić information content (AvgIpc) is 3.14. The minimum atomic E-state index is -0.801. The van der Waals surface area contributed by atoms with Crippen molar-refractivity contribution in [2.24, 2.45) is 0 Å². The SMILES string of the molecule is O=C1c2c(CCc3oc(=O)oc3-c3ccccc3)c(=O)ccn2NC2COCCN12. The predicted octanol–water partition coefficient (Wildman–Crippen LogP) is 1.20.